The molecule has 124 valence electrons. The van der Waals surface area contributed by atoms with E-state index in [2.05, 4.69) is 15.5 Å². The quantitative estimate of drug-likeness (QED) is 0.729. The van der Waals surface area contributed by atoms with Gasteiger partial charge in [-0.1, -0.05) is 42.1 Å². The topological polar surface area (TPSA) is 63.9 Å². The molecule has 2 rings (SSSR count). The maximum absolute atomic E-state index is 12.6. The van der Waals surface area contributed by atoms with Gasteiger partial charge in [0.1, 0.15) is 0 Å². The minimum Gasteiger partial charge on any atom is -0.335 e. The maximum atomic E-state index is 12.6. The zero-order valence-corrected chi connectivity index (χ0v) is 14.8. The molecule has 0 fully saturated rings. The van der Waals surface area contributed by atoms with Gasteiger partial charge in [-0.15, -0.1) is 5.10 Å². The molecule has 0 unspecified atom stereocenters. The number of rotatable bonds is 7. The molecule has 0 aliphatic carbocycles. The Kier molecular flexibility index (Phi) is 6.15. The Balaban J connectivity index is 2.00. The maximum Gasteiger partial charge on any atom is 0.233 e. The number of hydrogen-bond donors (Lipinski definition) is 0. The van der Waals surface area contributed by atoms with Crippen molar-refractivity contribution < 1.29 is 4.79 Å². The van der Waals surface area contributed by atoms with Crippen molar-refractivity contribution in [3.63, 3.8) is 0 Å². The minimum absolute atomic E-state index is 0.0900. The molecule has 1 aromatic heterocycles. The van der Waals surface area contributed by atoms with Crippen LogP contribution in [0, 0.1) is 0 Å². The normalized spacial score (nSPS) is 11.2. The number of hydrogen-bond acceptors (Lipinski definition) is 5. The summed E-state index contributed by atoms with van der Waals surface area (Å²) in [4.78, 5) is 14.5. The number of amides is 1. The van der Waals surface area contributed by atoms with Crippen molar-refractivity contribution in [3.8, 4) is 0 Å². The van der Waals surface area contributed by atoms with E-state index in [0.29, 0.717) is 17.5 Å². The first kappa shape index (κ1) is 17.5. The highest BCUT2D eigenvalue weighted by Crippen LogP contribution is 2.19. The molecule has 2 aromatic rings. The molecule has 1 heterocycles. The van der Waals surface area contributed by atoms with Gasteiger partial charge in [-0.25, -0.2) is 4.68 Å². The number of carbonyl (C=O) groups excluding carboxylic acids is 1. The molecule has 0 saturated heterocycles. The summed E-state index contributed by atoms with van der Waals surface area (Å²) in [5, 5.41) is 12.3. The predicted molar refractivity (Wildman–Crippen MR) is 91.1 cm³/mol. The zero-order valence-electron chi connectivity index (χ0n) is 14.0. The highest BCUT2D eigenvalue weighted by Gasteiger charge is 2.19. The Morgan fingerprint density at radius 2 is 1.91 bits per heavy atom. The number of thioether (sulfide) groups is 1. The van der Waals surface area contributed by atoms with Crippen molar-refractivity contribution in [3.05, 3.63) is 35.9 Å². The van der Waals surface area contributed by atoms with E-state index in [-0.39, 0.29) is 18.0 Å². The highest BCUT2D eigenvalue weighted by molar-refractivity contribution is 7.99. The van der Waals surface area contributed by atoms with Crippen molar-refractivity contribution in [2.24, 2.45) is 0 Å². The second kappa shape index (κ2) is 8.10. The van der Waals surface area contributed by atoms with Crippen LogP contribution in [0.5, 0.6) is 0 Å². The third-order valence-electron chi connectivity index (χ3n) is 3.42. The highest BCUT2D eigenvalue weighted by atomic mass is 32.2. The zero-order chi connectivity index (χ0) is 16.8. The molecule has 0 radical (unpaired) electrons. The van der Waals surface area contributed by atoms with E-state index in [1.165, 1.54) is 11.8 Å². The average molecular weight is 333 g/mol. The molecule has 0 saturated carbocycles. The monoisotopic (exact) mass is 333 g/mol. The van der Waals surface area contributed by atoms with Crippen molar-refractivity contribution >= 4 is 17.7 Å². The van der Waals surface area contributed by atoms with Gasteiger partial charge in [0, 0.05) is 12.6 Å². The molecule has 1 aromatic carbocycles. The number of nitrogens with zero attached hydrogens (tertiary/aromatic N) is 5. The summed E-state index contributed by atoms with van der Waals surface area (Å²) < 4.78 is 1.73. The summed E-state index contributed by atoms with van der Waals surface area (Å²) in [7, 11) is 0. The van der Waals surface area contributed by atoms with Crippen molar-refractivity contribution in [2.45, 2.75) is 51.5 Å². The van der Waals surface area contributed by atoms with Gasteiger partial charge in [-0.3, -0.25) is 4.79 Å². The van der Waals surface area contributed by atoms with Crippen LogP contribution >= 0.6 is 11.8 Å². The van der Waals surface area contributed by atoms with Gasteiger partial charge in [-0.2, -0.15) is 0 Å². The summed E-state index contributed by atoms with van der Waals surface area (Å²) in [5.41, 5.74) is 1.13. The van der Waals surface area contributed by atoms with Crippen LogP contribution in [0.4, 0.5) is 0 Å². The van der Waals surface area contributed by atoms with Gasteiger partial charge in [0.25, 0.3) is 0 Å². The third-order valence-corrected chi connectivity index (χ3v) is 4.33. The van der Waals surface area contributed by atoms with Crippen molar-refractivity contribution in [1.82, 2.24) is 25.1 Å². The van der Waals surface area contributed by atoms with Crippen LogP contribution < -0.4 is 0 Å². The average Bonchev–Trinajstić information content (AvgIpc) is 3.00. The fourth-order valence-electron chi connectivity index (χ4n) is 2.15. The fourth-order valence-corrected chi connectivity index (χ4v) is 3.04. The number of tetrazole rings is 1. The molecule has 6 nitrogen and oxygen atoms in total. The number of aromatic nitrogens is 4. The van der Waals surface area contributed by atoms with Crippen LogP contribution in [0.3, 0.4) is 0 Å². The van der Waals surface area contributed by atoms with E-state index in [1.54, 1.807) is 4.68 Å². The van der Waals surface area contributed by atoms with Gasteiger partial charge >= 0.3 is 0 Å². The summed E-state index contributed by atoms with van der Waals surface area (Å²) in [6, 6.07) is 10.3. The van der Waals surface area contributed by atoms with Crippen molar-refractivity contribution in [1.29, 1.82) is 0 Å². The lowest BCUT2D eigenvalue weighted by molar-refractivity contribution is -0.130. The van der Waals surface area contributed by atoms with E-state index in [0.717, 1.165) is 5.56 Å². The number of benzene rings is 1. The second-order valence-electron chi connectivity index (χ2n) is 5.89. The first-order valence-corrected chi connectivity index (χ1v) is 8.71. The van der Waals surface area contributed by atoms with Crippen LogP contribution in [-0.4, -0.2) is 42.8 Å². The number of carbonyl (C=O) groups is 1. The standard InChI is InChI=1S/C16H23N5OS/c1-12(2)20(10-14-8-6-5-7-9-14)15(22)11-23-16-17-18-19-21(16)13(3)4/h5-9,12-13H,10-11H2,1-4H3. The molecule has 23 heavy (non-hydrogen) atoms. The first-order chi connectivity index (χ1) is 11.0. The molecule has 1 amide bonds. The molecule has 0 aliphatic heterocycles. The Morgan fingerprint density at radius 3 is 2.52 bits per heavy atom. The van der Waals surface area contributed by atoms with E-state index < -0.39 is 0 Å². The fraction of sp³-hybridized carbons (Fsp3) is 0.500. The third kappa shape index (κ3) is 4.79. The van der Waals surface area contributed by atoms with E-state index >= 15 is 0 Å². The predicted octanol–water partition coefficient (Wildman–Crippen LogP) is 2.78. The van der Waals surface area contributed by atoms with Crippen LogP contribution in [0.2, 0.25) is 0 Å². The summed E-state index contributed by atoms with van der Waals surface area (Å²) >= 11 is 1.38. The van der Waals surface area contributed by atoms with Crippen molar-refractivity contribution in [2.75, 3.05) is 5.75 Å². The van der Waals surface area contributed by atoms with Gasteiger partial charge in [0.15, 0.2) is 0 Å². The molecule has 0 bridgehead atoms. The molecule has 0 aliphatic rings. The van der Waals surface area contributed by atoms with Gasteiger partial charge in [0.2, 0.25) is 11.1 Å². The molecule has 0 N–H and O–H groups in total. The van der Waals surface area contributed by atoms with E-state index in [9.17, 15) is 4.79 Å². The van der Waals surface area contributed by atoms with Gasteiger partial charge in [0.05, 0.1) is 11.8 Å². The Hall–Kier alpha value is -1.89. The van der Waals surface area contributed by atoms with E-state index in [4.69, 9.17) is 0 Å². The van der Waals surface area contributed by atoms with Gasteiger partial charge < -0.3 is 4.90 Å². The lowest BCUT2D eigenvalue weighted by Gasteiger charge is -2.26. The van der Waals surface area contributed by atoms with Crippen LogP contribution in [0.15, 0.2) is 35.5 Å². The lowest BCUT2D eigenvalue weighted by atomic mass is 10.2. The Labute approximate surface area is 141 Å². The first-order valence-electron chi connectivity index (χ1n) is 7.73. The molecule has 0 spiro atoms. The molecule has 7 heteroatoms. The summed E-state index contributed by atoms with van der Waals surface area (Å²) in [6.07, 6.45) is 0. The van der Waals surface area contributed by atoms with Crippen LogP contribution in [-0.2, 0) is 11.3 Å². The lowest BCUT2D eigenvalue weighted by Crippen LogP contribution is -2.37. The summed E-state index contributed by atoms with van der Waals surface area (Å²) in [5.74, 6) is 0.421. The van der Waals surface area contributed by atoms with Gasteiger partial charge in [-0.05, 0) is 43.7 Å². The van der Waals surface area contributed by atoms with Crippen LogP contribution in [0.1, 0.15) is 39.3 Å². The van der Waals surface area contributed by atoms with E-state index in [1.807, 2.05) is 62.9 Å². The minimum atomic E-state index is 0.0900. The largest absolute Gasteiger partial charge is 0.335 e. The Bertz CT molecular complexity index is 626. The molecular weight excluding hydrogens is 310 g/mol. The SMILES string of the molecule is CC(C)N(Cc1ccccc1)C(=O)CSc1nnnn1C(C)C. The van der Waals surface area contributed by atoms with Crippen LogP contribution in [0.25, 0.3) is 0 Å². The Morgan fingerprint density at radius 1 is 1.22 bits per heavy atom. The smallest absolute Gasteiger partial charge is 0.233 e. The molecular formula is C16H23N5OS. The second-order valence-corrected chi connectivity index (χ2v) is 6.83. The summed E-state index contributed by atoms with van der Waals surface area (Å²) in [6.45, 7) is 8.70. The molecule has 0 atom stereocenters.